The van der Waals surface area contributed by atoms with Crippen LogP contribution in [-0.4, -0.2) is 6.29 Å². The van der Waals surface area contributed by atoms with E-state index in [9.17, 15) is 4.79 Å². The van der Waals surface area contributed by atoms with E-state index < -0.39 is 0 Å². The third-order valence-corrected chi connectivity index (χ3v) is 0.306. The van der Waals surface area contributed by atoms with Crippen molar-refractivity contribution in [2.75, 3.05) is 0 Å². The molecule has 0 aliphatic heterocycles. The molecule has 0 unspecified atom stereocenters. The molecule has 0 N–H and O–H groups in total. The smallest absolute Gasteiger partial charge is 0 e. The van der Waals surface area contributed by atoms with Gasteiger partial charge in [-0.1, -0.05) is 20.8 Å². The fraction of sp³-hybridized carbons (Fsp3) is 0.800. The van der Waals surface area contributed by atoms with E-state index in [0.717, 1.165) is 0 Å². The normalized spacial score (nSPS) is 9.57. The van der Waals surface area contributed by atoms with Crippen molar-refractivity contribution in [2.24, 2.45) is 5.41 Å². The Morgan fingerprint density at radius 3 is 1.43 bits per heavy atom. The molecule has 0 amide bonds. The van der Waals surface area contributed by atoms with Gasteiger partial charge in [-0.3, -0.25) is 6.29 Å². The predicted octanol–water partition coefficient (Wildman–Crippen LogP) is 1.14. The van der Waals surface area contributed by atoms with Crippen molar-refractivity contribution >= 4 is 6.29 Å². The van der Waals surface area contributed by atoms with Crippen LogP contribution in [0.1, 0.15) is 20.8 Å². The third kappa shape index (κ3) is 10.7. The molecule has 0 saturated heterocycles. The first-order chi connectivity index (χ1) is 2.56. The van der Waals surface area contributed by atoms with E-state index in [-0.39, 0.29) is 26.5 Å². The maximum absolute atomic E-state index is 9.70. The van der Waals surface area contributed by atoms with Crippen molar-refractivity contribution in [1.29, 1.82) is 0 Å². The van der Waals surface area contributed by atoms with Gasteiger partial charge in [0.05, 0.1) is 0 Å². The maximum Gasteiger partial charge on any atom is 0 e. The van der Waals surface area contributed by atoms with Gasteiger partial charge >= 0.3 is 0 Å². The van der Waals surface area contributed by atoms with E-state index in [0.29, 0.717) is 0 Å². The van der Waals surface area contributed by atoms with Gasteiger partial charge in [0, 0.05) is 21.1 Å². The molecule has 0 aliphatic rings. The van der Waals surface area contributed by atoms with Crippen molar-refractivity contribution in [2.45, 2.75) is 20.8 Å². The van der Waals surface area contributed by atoms with Crippen LogP contribution in [-0.2, 0) is 25.9 Å². The topological polar surface area (TPSA) is 17.1 Å². The molecule has 0 fully saturated rings. The molecule has 0 aliphatic carbocycles. The third-order valence-electron chi connectivity index (χ3n) is 0.306. The summed E-state index contributed by atoms with van der Waals surface area (Å²) in [6.45, 7) is 5.46. The zero-order valence-corrected chi connectivity index (χ0v) is 7.00. The second-order valence-corrected chi connectivity index (χ2v) is 2.35. The monoisotopic (exact) mass is 280 g/mol. The summed E-state index contributed by atoms with van der Waals surface area (Å²) < 4.78 is 0. The van der Waals surface area contributed by atoms with Crippen LogP contribution in [0.3, 0.4) is 0 Å². The Morgan fingerprint density at radius 2 is 1.43 bits per heavy atom. The fourth-order valence-corrected chi connectivity index (χ4v) is 0. The van der Waals surface area contributed by atoms with E-state index in [1.54, 1.807) is 0 Å². The van der Waals surface area contributed by atoms with Gasteiger partial charge in [0.15, 0.2) is 0 Å². The molecule has 2 heteroatoms. The van der Waals surface area contributed by atoms with Crippen molar-refractivity contribution < 1.29 is 25.9 Å². The summed E-state index contributed by atoms with van der Waals surface area (Å²) in [5.74, 6) is 0. The molecule has 1 nitrogen and oxygen atoms in total. The van der Waals surface area contributed by atoms with Gasteiger partial charge in [-0.25, -0.2) is 0 Å². The van der Waals surface area contributed by atoms with Gasteiger partial charge in [-0.15, -0.1) is 5.41 Å². The molecule has 0 radical (unpaired) electrons. The van der Waals surface area contributed by atoms with Gasteiger partial charge < -0.3 is 4.79 Å². The second-order valence-electron chi connectivity index (χ2n) is 2.35. The molecular weight excluding hydrogens is 271 g/mol. The molecule has 0 atom stereocenters. The summed E-state index contributed by atoms with van der Waals surface area (Å²) in [5, 5.41) is 0. The maximum atomic E-state index is 9.70. The van der Waals surface area contributed by atoms with Crippen LogP contribution in [0.25, 0.3) is 0 Å². The zero-order valence-electron chi connectivity index (χ0n) is 4.72. The number of rotatable bonds is 0. The Morgan fingerprint density at radius 1 is 1.29 bits per heavy atom. The standard InChI is InChI=1S/C5H9O.Pt/c1-5(2,3)4-6;/h1-3H3;/q-1;. The number of hydrogen-bond donors (Lipinski definition) is 0. The van der Waals surface area contributed by atoms with Crippen LogP contribution in [0.5, 0.6) is 0 Å². The minimum atomic E-state index is -0.264. The molecule has 0 spiro atoms. The van der Waals surface area contributed by atoms with Crippen LogP contribution in [0.4, 0.5) is 0 Å². The fourth-order valence-electron chi connectivity index (χ4n) is 0. The molecule has 0 aromatic rings. The molecule has 0 aromatic heterocycles. The molecule has 0 rings (SSSR count). The zero-order chi connectivity index (χ0) is 5.21. The first-order valence-corrected chi connectivity index (χ1v) is 1.95. The van der Waals surface area contributed by atoms with Gasteiger partial charge in [0.2, 0.25) is 0 Å². The van der Waals surface area contributed by atoms with Crippen LogP contribution < -0.4 is 0 Å². The van der Waals surface area contributed by atoms with Gasteiger partial charge in [0.1, 0.15) is 0 Å². The average molecular weight is 280 g/mol. The minimum Gasteiger partial charge on any atom is -0.541 e. The summed E-state index contributed by atoms with van der Waals surface area (Å²) >= 11 is 0. The largest absolute Gasteiger partial charge is 0.541 e. The van der Waals surface area contributed by atoms with Crippen LogP contribution in [0.15, 0.2) is 0 Å². The van der Waals surface area contributed by atoms with E-state index in [2.05, 4.69) is 0 Å². The second kappa shape index (κ2) is 3.37. The molecular formula is C5H9OPt-. The molecule has 46 valence electrons. The first-order valence-electron chi connectivity index (χ1n) is 1.95. The number of hydrogen-bond acceptors (Lipinski definition) is 1. The Labute approximate surface area is 58.7 Å². The predicted molar refractivity (Wildman–Crippen MR) is 25.1 cm³/mol. The minimum absolute atomic E-state index is 0. The van der Waals surface area contributed by atoms with Crippen molar-refractivity contribution in [1.82, 2.24) is 0 Å². The average Bonchev–Trinajstić information content (AvgIpc) is 1.35. The van der Waals surface area contributed by atoms with Gasteiger partial charge in [-0.05, 0) is 0 Å². The molecule has 0 heterocycles. The van der Waals surface area contributed by atoms with Crippen LogP contribution >= 0.6 is 0 Å². The summed E-state index contributed by atoms with van der Waals surface area (Å²) in [4.78, 5) is 9.70. The van der Waals surface area contributed by atoms with E-state index in [1.807, 2.05) is 27.1 Å². The Kier molecular flexibility index (Phi) is 4.99. The Balaban J connectivity index is 0. The van der Waals surface area contributed by atoms with Crippen molar-refractivity contribution in [3.63, 3.8) is 0 Å². The summed E-state index contributed by atoms with van der Waals surface area (Å²) in [5.41, 5.74) is -0.264. The summed E-state index contributed by atoms with van der Waals surface area (Å²) in [7, 11) is 0. The molecule has 0 bridgehead atoms. The van der Waals surface area contributed by atoms with E-state index >= 15 is 0 Å². The Hall–Kier alpha value is 0.358. The van der Waals surface area contributed by atoms with Crippen LogP contribution in [0, 0.1) is 5.41 Å². The van der Waals surface area contributed by atoms with Crippen molar-refractivity contribution in [3.8, 4) is 0 Å². The van der Waals surface area contributed by atoms with Crippen molar-refractivity contribution in [3.05, 3.63) is 0 Å². The summed E-state index contributed by atoms with van der Waals surface area (Å²) in [6.07, 6.45) is 1.85. The SMILES string of the molecule is CC(C)(C)[C-]=O.[Pt]. The molecule has 0 saturated carbocycles. The van der Waals surface area contributed by atoms with Crippen LogP contribution in [0.2, 0.25) is 0 Å². The Bertz CT molecular complexity index is 53.6. The van der Waals surface area contributed by atoms with Gasteiger partial charge in [-0.2, -0.15) is 0 Å². The first kappa shape index (κ1) is 10.4. The van der Waals surface area contributed by atoms with E-state index in [4.69, 9.17) is 0 Å². The summed E-state index contributed by atoms with van der Waals surface area (Å²) in [6, 6.07) is 0. The quantitative estimate of drug-likeness (QED) is 0.608. The van der Waals surface area contributed by atoms with E-state index in [1.165, 1.54) is 0 Å². The molecule has 0 aromatic carbocycles. The van der Waals surface area contributed by atoms with Gasteiger partial charge in [0.25, 0.3) is 0 Å². The molecule has 7 heavy (non-hydrogen) atoms. The number of carbonyl (C=O) groups excluding carboxylic acids is 1.